The molecule has 3 atom stereocenters. The molecule has 39 heavy (non-hydrogen) atoms. The molecule has 0 aromatic carbocycles. The van der Waals surface area contributed by atoms with Crippen molar-refractivity contribution in [1.29, 1.82) is 0 Å². The van der Waals surface area contributed by atoms with E-state index < -0.39 is 57.6 Å². The summed E-state index contributed by atoms with van der Waals surface area (Å²) in [7, 11) is -4.71. The van der Waals surface area contributed by atoms with Crippen molar-refractivity contribution in [3.8, 4) is 0 Å². The monoisotopic (exact) mass is 577 g/mol. The fourth-order valence-electron chi connectivity index (χ4n) is 3.25. The maximum absolute atomic E-state index is 11.9. The van der Waals surface area contributed by atoms with E-state index in [2.05, 4.69) is 45.6 Å². The van der Waals surface area contributed by atoms with Gasteiger partial charge in [-0.25, -0.2) is 9.36 Å². The number of esters is 1. The van der Waals surface area contributed by atoms with Crippen LogP contribution in [0.5, 0.6) is 0 Å². The molecule has 12 heteroatoms. The molecule has 1 amide bonds. The van der Waals surface area contributed by atoms with E-state index in [0.717, 1.165) is 44.9 Å². The highest BCUT2D eigenvalue weighted by molar-refractivity contribution is 7.47. The van der Waals surface area contributed by atoms with Crippen LogP contribution in [0.15, 0.2) is 24.3 Å². The second-order valence-corrected chi connectivity index (χ2v) is 10.6. The zero-order valence-corrected chi connectivity index (χ0v) is 24.3. The number of hydrogen-bond acceptors (Lipinski definition) is 8. The van der Waals surface area contributed by atoms with Crippen LogP contribution in [0.25, 0.3) is 0 Å². The lowest BCUT2D eigenvalue weighted by molar-refractivity contribution is -0.147. The first-order chi connectivity index (χ1) is 18.6. The Morgan fingerprint density at radius 1 is 0.846 bits per heavy atom. The van der Waals surface area contributed by atoms with Gasteiger partial charge in [-0.3, -0.25) is 18.6 Å². The number of phosphoric acid groups is 1. The van der Waals surface area contributed by atoms with Crippen molar-refractivity contribution in [2.45, 2.75) is 109 Å². The zero-order chi connectivity index (χ0) is 29.4. The molecule has 226 valence electrons. The molecule has 0 aliphatic rings. The molecule has 0 aromatic heterocycles. The standard InChI is InChI=1S/C27H48NO10P/c1-3-5-6-7-8-9-10-11-12-13-14-15-16-17-18-19-26(31)36-20-23(29)21-37-39(34,35)38-22-24(27(32)33)28-25(30)4-2/h8-9,11-12,23-24,29H,3-7,10,13-22H2,1-2H3,(H,28,30)(H,32,33)(H,34,35)/b9-8-,12-11-. The number of carbonyl (C=O) groups is 3. The Bertz CT molecular complexity index is 787. The number of rotatable bonds is 25. The van der Waals surface area contributed by atoms with Crippen molar-refractivity contribution < 1.29 is 47.8 Å². The van der Waals surface area contributed by atoms with Crippen molar-refractivity contribution in [2.75, 3.05) is 19.8 Å². The topological polar surface area (TPSA) is 169 Å². The zero-order valence-electron chi connectivity index (χ0n) is 23.4. The van der Waals surface area contributed by atoms with Gasteiger partial charge in [0.2, 0.25) is 5.91 Å². The summed E-state index contributed by atoms with van der Waals surface area (Å²) in [5.74, 6) is -2.51. The summed E-state index contributed by atoms with van der Waals surface area (Å²) in [6, 6.07) is -1.54. The Morgan fingerprint density at radius 2 is 1.44 bits per heavy atom. The number of aliphatic carboxylic acids is 1. The molecule has 0 aliphatic heterocycles. The molecule has 0 radical (unpaired) electrons. The van der Waals surface area contributed by atoms with Gasteiger partial charge in [-0.15, -0.1) is 0 Å². The molecule has 0 saturated heterocycles. The molecule has 4 N–H and O–H groups in total. The average molecular weight is 578 g/mol. The summed E-state index contributed by atoms with van der Waals surface area (Å²) in [6.07, 6.45) is 19.5. The number of carboxylic acids is 1. The SMILES string of the molecule is CCCCC/C=C\C/C=C\CCCCCCCC(=O)OCC(O)COP(=O)(O)OCC(NC(=O)CC)C(=O)O. The summed E-state index contributed by atoms with van der Waals surface area (Å²) in [5.41, 5.74) is 0. The van der Waals surface area contributed by atoms with Crippen LogP contribution in [0.3, 0.4) is 0 Å². The summed E-state index contributed by atoms with van der Waals surface area (Å²) in [5, 5.41) is 21.0. The number of carboxylic acid groups (broad SMARTS) is 1. The number of amides is 1. The number of carbonyl (C=O) groups excluding carboxylic acids is 2. The number of allylic oxidation sites excluding steroid dienone is 4. The number of hydrogen-bond donors (Lipinski definition) is 4. The maximum atomic E-state index is 11.9. The molecular formula is C27H48NO10P. The van der Waals surface area contributed by atoms with Gasteiger partial charge in [0.25, 0.3) is 0 Å². The number of aliphatic hydroxyl groups excluding tert-OH is 1. The third-order valence-corrected chi connectivity index (χ3v) is 6.51. The van der Waals surface area contributed by atoms with E-state index >= 15 is 0 Å². The lowest BCUT2D eigenvalue weighted by Gasteiger charge is -2.18. The third-order valence-electron chi connectivity index (χ3n) is 5.56. The predicted molar refractivity (Wildman–Crippen MR) is 148 cm³/mol. The molecule has 3 unspecified atom stereocenters. The van der Waals surface area contributed by atoms with Crippen molar-refractivity contribution in [1.82, 2.24) is 5.32 Å². The van der Waals surface area contributed by atoms with Crippen LogP contribution in [-0.4, -0.2) is 64.9 Å². The van der Waals surface area contributed by atoms with Gasteiger partial charge < -0.3 is 25.2 Å². The smallest absolute Gasteiger partial charge is 0.472 e. The van der Waals surface area contributed by atoms with Gasteiger partial charge in [-0.05, 0) is 38.5 Å². The van der Waals surface area contributed by atoms with E-state index in [0.29, 0.717) is 6.42 Å². The Kier molecular flexibility index (Phi) is 22.6. The van der Waals surface area contributed by atoms with E-state index in [9.17, 15) is 28.9 Å². The van der Waals surface area contributed by atoms with Crippen molar-refractivity contribution in [3.05, 3.63) is 24.3 Å². The number of nitrogens with one attached hydrogen (secondary N) is 1. The quantitative estimate of drug-likeness (QED) is 0.0511. The van der Waals surface area contributed by atoms with E-state index in [1.54, 1.807) is 0 Å². The Hall–Kier alpha value is -2.04. The van der Waals surface area contributed by atoms with E-state index in [-0.39, 0.29) is 12.8 Å². The van der Waals surface area contributed by atoms with Gasteiger partial charge in [-0.2, -0.15) is 0 Å². The molecule has 11 nitrogen and oxygen atoms in total. The highest BCUT2D eigenvalue weighted by Crippen LogP contribution is 2.43. The van der Waals surface area contributed by atoms with Gasteiger partial charge in [0.1, 0.15) is 12.7 Å². The highest BCUT2D eigenvalue weighted by atomic mass is 31.2. The molecule has 0 fully saturated rings. The van der Waals surface area contributed by atoms with Crippen LogP contribution in [0.4, 0.5) is 0 Å². The van der Waals surface area contributed by atoms with Gasteiger partial charge in [-0.1, -0.05) is 70.3 Å². The summed E-state index contributed by atoms with van der Waals surface area (Å²) < 4.78 is 26.0. The first kappa shape index (κ1) is 37.0. The first-order valence-corrected chi connectivity index (χ1v) is 15.4. The second-order valence-electron chi connectivity index (χ2n) is 9.19. The van der Waals surface area contributed by atoms with Crippen LogP contribution in [0.2, 0.25) is 0 Å². The molecule has 0 saturated carbocycles. The molecule has 0 heterocycles. The minimum Gasteiger partial charge on any atom is -0.480 e. The maximum Gasteiger partial charge on any atom is 0.472 e. The Balaban J connectivity index is 3.86. The minimum atomic E-state index is -4.71. The number of aliphatic hydroxyl groups is 1. The average Bonchev–Trinajstić information content (AvgIpc) is 2.90. The van der Waals surface area contributed by atoms with Crippen molar-refractivity contribution >= 4 is 25.7 Å². The molecule has 0 spiro atoms. The van der Waals surface area contributed by atoms with Crippen molar-refractivity contribution in [3.63, 3.8) is 0 Å². The van der Waals surface area contributed by atoms with Crippen LogP contribution in [0.1, 0.15) is 97.3 Å². The molecule has 0 bridgehead atoms. The molecular weight excluding hydrogens is 529 g/mol. The van der Waals surface area contributed by atoms with Gasteiger partial charge in [0.15, 0.2) is 6.04 Å². The lowest BCUT2D eigenvalue weighted by Crippen LogP contribution is -2.43. The first-order valence-electron chi connectivity index (χ1n) is 13.9. The number of phosphoric ester groups is 1. The highest BCUT2D eigenvalue weighted by Gasteiger charge is 2.28. The summed E-state index contributed by atoms with van der Waals surface area (Å²) in [4.78, 5) is 43.9. The normalized spacial score (nSPS) is 14.8. The van der Waals surface area contributed by atoms with Crippen LogP contribution in [-0.2, 0) is 32.7 Å². The third kappa shape index (κ3) is 23.6. The molecule has 0 aliphatic carbocycles. The van der Waals surface area contributed by atoms with Crippen LogP contribution in [0, 0.1) is 0 Å². The van der Waals surface area contributed by atoms with Gasteiger partial charge in [0.05, 0.1) is 13.2 Å². The fourth-order valence-corrected chi connectivity index (χ4v) is 4.02. The predicted octanol–water partition coefficient (Wildman–Crippen LogP) is 4.82. The largest absolute Gasteiger partial charge is 0.480 e. The minimum absolute atomic E-state index is 0.0253. The van der Waals surface area contributed by atoms with E-state index in [4.69, 9.17) is 9.84 Å². The van der Waals surface area contributed by atoms with Crippen LogP contribution >= 0.6 is 7.82 Å². The molecule has 0 aromatic rings. The Labute approximate surface area is 232 Å². The van der Waals surface area contributed by atoms with Gasteiger partial charge in [0, 0.05) is 12.8 Å². The van der Waals surface area contributed by atoms with E-state index in [1.165, 1.54) is 26.2 Å². The van der Waals surface area contributed by atoms with Crippen LogP contribution < -0.4 is 5.32 Å². The fraction of sp³-hybridized carbons (Fsp3) is 0.741. The molecule has 0 rings (SSSR count). The van der Waals surface area contributed by atoms with Crippen molar-refractivity contribution in [2.24, 2.45) is 0 Å². The number of ether oxygens (including phenoxy) is 1. The second kappa shape index (κ2) is 23.8. The summed E-state index contributed by atoms with van der Waals surface area (Å²) in [6.45, 7) is 1.80. The lowest BCUT2D eigenvalue weighted by atomic mass is 10.1. The van der Waals surface area contributed by atoms with E-state index in [1.807, 2.05) is 0 Å². The summed E-state index contributed by atoms with van der Waals surface area (Å²) >= 11 is 0. The number of unbranched alkanes of at least 4 members (excludes halogenated alkanes) is 8. The Morgan fingerprint density at radius 3 is 2.05 bits per heavy atom. The van der Waals surface area contributed by atoms with Gasteiger partial charge >= 0.3 is 19.8 Å².